The van der Waals surface area contributed by atoms with Crippen LogP contribution in [0.4, 0.5) is 5.69 Å². The number of aromatic nitrogens is 1. The highest BCUT2D eigenvalue weighted by atomic mass is 16.5. The third kappa shape index (κ3) is 4.78. The van der Waals surface area contributed by atoms with E-state index in [4.69, 9.17) is 13.9 Å². The first-order valence-electron chi connectivity index (χ1n) is 9.96. The first-order valence-corrected chi connectivity index (χ1v) is 9.96. The molecule has 2 aromatic carbocycles. The Kier molecular flexibility index (Phi) is 6.23. The van der Waals surface area contributed by atoms with Crippen molar-refractivity contribution < 1.29 is 18.7 Å². The summed E-state index contributed by atoms with van der Waals surface area (Å²) in [6.45, 7) is -0.221. The highest BCUT2D eigenvalue weighted by Crippen LogP contribution is 2.34. The van der Waals surface area contributed by atoms with E-state index in [2.05, 4.69) is 10.3 Å². The minimum Gasteiger partial charge on any atom is -0.493 e. The fourth-order valence-corrected chi connectivity index (χ4v) is 3.28. The van der Waals surface area contributed by atoms with Crippen LogP contribution in [-0.4, -0.2) is 24.6 Å². The number of hydrogen-bond donors (Lipinski definition) is 2. The summed E-state index contributed by atoms with van der Waals surface area (Å²) in [6, 6.07) is 21.0. The van der Waals surface area contributed by atoms with Crippen LogP contribution >= 0.6 is 0 Å². The number of hydrogen-bond acceptors (Lipinski definition) is 6. The molecule has 4 rings (SSSR count). The largest absolute Gasteiger partial charge is 0.493 e. The van der Waals surface area contributed by atoms with Gasteiger partial charge in [0.15, 0.2) is 18.1 Å². The van der Waals surface area contributed by atoms with E-state index < -0.39 is 5.56 Å². The number of benzene rings is 2. The lowest BCUT2D eigenvalue weighted by Crippen LogP contribution is -2.20. The number of nitrogens with zero attached hydrogens (tertiary/aromatic N) is 1. The van der Waals surface area contributed by atoms with Gasteiger partial charge in [-0.2, -0.15) is 5.26 Å². The molecular weight excluding hydrogens is 422 g/mol. The van der Waals surface area contributed by atoms with Crippen LogP contribution in [0.5, 0.6) is 11.5 Å². The summed E-state index contributed by atoms with van der Waals surface area (Å²) < 4.78 is 16.4. The summed E-state index contributed by atoms with van der Waals surface area (Å²) in [4.78, 5) is 27.3. The Morgan fingerprint density at radius 2 is 1.91 bits per heavy atom. The minimum atomic E-state index is -0.529. The number of anilines is 1. The lowest BCUT2D eigenvalue weighted by molar-refractivity contribution is -0.118. The lowest BCUT2D eigenvalue weighted by Gasteiger charge is -2.13. The molecule has 0 aliphatic rings. The van der Waals surface area contributed by atoms with Crippen LogP contribution in [-0.2, 0) is 4.79 Å². The Bertz CT molecular complexity index is 1370. The van der Waals surface area contributed by atoms with Crippen LogP contribution in [0.15, 0.2) is 82.2 Å². The molecule has 0 saturated heterocycles. The smallest absolute Gasteiger partial charge is 0.267 e. The van der Waals surface area contributed by atoms with Crippen LogP contribution in [0.25, 0.3) is 22.6 Å². The maximum atomic E-state index is 12.5. The average molecular weight is 441 g/mol. The molecule has 0 unspecified atom stereocenters. The number of para-hydroxylation sites is 1. The molecule has 8 nitrogen and oxygen atoms in total. The molecule has 4 aromatic rings. The molecule has 2 heterocycles. The Morgan fingerprint density at radius 1 is 1.09 bits per heavy atom. The number of ether oxygens (including phenoxy) is 2. The number of nitrogens with one attached hydrogen (secondary N) is 2. The van der Waals surface area contributed by atoms with Gasteiger partial charge in [-0.05, 0) is 48.0 Å². The fourth-order valence-electron chi connectivity index (χ4n) is 3.28. The first kappa shape index (κ1) is 21.5. The van der Waals surface area contributed by atoms with Gasteiger partial charge in [-0.15, -0.1) is 0 Å². The van der Waals surface area contributed by atoms with Crippen molar-refractivity contribution in [1.29, 1.82) is 5.26 Å². The van der Waals surface area contributed by atoms with E-state index in [1.807, 2.05) is 24.3 Å². The predicted molar refractivity (Wildman–Crippen MR) is 122 cm³/mol. The number of rotatable bonds is 7. The van der Waals surface area contributed by atoms with Gasteiger partial charge in [0, 0.05) is 11.3 Å². The van der Waals surface area contributed by atoms with E-state index in [0.717, 1.165) is 0 Å². The molecule has 0 saturated carbocycles. The molecule has 2 N–H and O–H groups in total. The number of aromatic amines is 1. The van der Waals surface area contributed by atoms with Gasteiger partial charge in [-0.3, -0.25) is 9.59 Å². The maximum absolute atomic E-state index is 12.5. The van der Waals surface area contributed by atoms with Crippen LogP contribution < -0.4 is 20.3 Å². The van der Waals surface area contributed by atoms with Gasteiger partial charge in [0.25, 0.3) is 11.5 Å². The van der Waals surface area contributed by atoms with Gasteiger partial charge in [0.1, 0.15) is 17.4 Å². The van der Waals surface area contributed by atoms with Gasteiger partial charge in [0.05, 0.1) is 19.1 Å². The van der Waals surface area contributed by atoms with Crippen molar-refractivity contribution in [2.75, 3.05) is 19.0 Å². The second-order valence-electron chi connectivity index (χ2n) is 6.96. The first-order chi connectivity index (χ1) is 16.1. The number of H-pyrrole nitrogens is 1. The fraction of sp³-hybridized carbons (Fsp3) is 0.0800. The van der Waals surface area contributed by atoms with E-state index >= 15 is 0 Å². The van der Waals surface area contributed by atoms with Crippen molar-refractivity contribution in [3.05, 3.63) is 88.9 Å². The monoisotopic (exact) mass is 441 g/mol. The summed E-state index contributed by atoms with van der Waals surface area (Å²) in [7, 11) is 1.47. The molecule has 0 spiro atoms. The molecule has 1 amide bonds. The molecule has 0 radical (unpaired) electrons. The SMILES string of the molecule is COc1cc(-c2cc(-c3ccco3)[nH]c(=O)c2C#N)ccc1OCC(=O)Nc1ccccc1. The molecular formula is C25H19N3O5. The van der Waals surface area contributed by atoms with E-state index in [9.17, 15) is 14.9 Å². The van der Waals surface area contributed by atoms with Gasteiger partial charge in [-0.1, -0.05) is 24.3 Å². The molecule has 8 heteroatoms. The Morgan fingerprint density at radius 3 is 2.61 bits per heavy atom. The summed E-state index contributed by atoms with van der Waals surface area (Å²) in [5.41, 5.74) is 1.53. The predicted octanol–water partition coefficient (Wildman–Crippen LogP) is 4.20. The van der Waals surface area contributed by atoms with Crippen molar-refractivity contribution in [1.82, 2.24) is 4.98 Å². The van der Waals surface area contributed by atoms with Crippen molar-refractivity contribution in [2.24, 2.45) is 0 Å². The topological polar surface area (TPSA) is 117 Å². The number of carbonyl (C=O) groups excluding carboxylic acids is 1. The van der Waals surface area contributed by atoms with E-state index in [1.165, 1.54) is 13.4 Å². The molecule has 0 fully saturated rings. The number of pyridine rings is 1. The number of methoxy groups -OCH3 is 1. The maximum Gasteiger partial charge on any atom is 0.267 e. The Balaban J connectivity index is 1.60. The third-order valence-electron chi connectivity index (χ3n) is 4.82. The molecule has 0 aliphatic carbocycles. The Hall–Kier alpha value is -4.77. The number of nitriles is 1. The summed E-state index contributed by atoms with van der Waals surface area (Å²) in [6.07, 6.45) is 1.49. The van der Waals surface area contributed by atoms with Gasteiger partial charge >= 0.3 is 0 Å². The molecule has 164 valence electrons. The average Bonchev–Trinajstić information content (AvgIpc) is 3.38. The van der Waals surface area contributed by atoms with Gasteiger partial charge in [0.2, 0.25) is 0 Å². The third-order valence-corrected chi connectivity index (χ3v) is 4.82. The summed E-state index contributed by atoms with van der Waals surface area (Å²) in [5, 5.41) is 12.3. The number of amides is 1. The quantitative estimate of drug-likeness (QED) is 0.444. The molecule has 0 aliphatic heterocycles. The van der Waals surface area contributed by atoms with Crippen LogP contribution in [0, 0.1) is 11.3 Å². The van der Waals surface area contributed by atoms with Crippen molar-refractivity contribution in [3.8, 4) is 40.1 Å². The lowest BCUT2D eigenvalue weighted by atomic mass is 10.00. The van der Waals surface area contributed by atoms with Crippen molar-refractivity contribution in [2.45, 2.75) is 0 Å². The zero-order valence-corrected chi connectivity index (χ0v) is 17.6. The van der Waals surface area contributed by atoms with Crippen LogP contribution in [0.3, 0.4) is 0 Å². The second-order valence-corrected chi connectivity index (χ2v) is 6.96. The number of furan rings is 1. The highest BCUT2D eigenvalue weighted by Gasteiger charge is 2.16. The van der Waals surface area contributed by atoms with Crippen LogP contribution in [0.1, 0.15) is 5.56 Å². The number of carbonyl (C=O) groups is 1. The standard InChI is InChI=1S/C25H19N3O5/c1-31-23-12-16(9-10-22(23)33-15-24(29)27-17-6-3-2-4-7-17)18-13-20(21-8-5-11-32-21)28-25(30)19(18)14-26/h2-13H,15H2,1H3,(H,27,29)(H,28,30). The zero-order chi connectivity index (χ0) is 23.2. The summed E-state index contributed by atoms with van der Waals surface area (Å²) >= 11 is 0. The molecule has 33 heavy (non-hydrogen) atoms. The van der Waals surface area contributed by atoms with E-state index in [0.29, 0.717) is 39.8 Å². The minimum absolute atomic E-state index is 0.0386. The van der Waals surface area contributed by atoms with Crippen LogP contribution in [0.2, 0.25) is 0 Å². The van der Waals surface area contributed by atoms with Gasteiger partial charge in [-0.25, -0.2) is 0 Å². The molecule has 0 bridgehead atoms. The molecule has 2 aromatic heterocycles. The summed E-state index contributed by atoms with van der Waals surface area (Å²) in [5.74, 6) is 0.841. The van der Waals surface area contributed by atoms with Crippen molar-refractivity contribution in [3.63, 3.8) is 0 Å². The molecule has 0 atom stereocenters. The van der Waals surface area contributed by atoms with Crippen molar-refractivity contribution >= 4 is 11.6 Å². The Labute approximate surface area is 189 Å². The zero-order valence-electron chi connectivity index (χ0n) is 17.6. The van der Waals surface area contributed by atoms with E-state index in [1.54, 1.807) is 48.5 Å². The highest BCUT2D eigenvalue weighted by molar-refractivity contribution is 5.91. The van der Waals surface area contributed by atoms with E-state index in [-0.39, 0.29) is 18.1 Å². The second kappa shape index (κ2) is 9.58. The normalized spacial score (nSPS) is 10.3. The van der Waals surface area contributed by atoms with Gasteiger partial charge < -0.3 is 24.2 Å².